The van der Waals surface area contributed by atoms with Gasteiger partial charge in [0.25, 0.3) is 0 Å². The van der Waals surface area contributed by atoms with Gasteiger partial charge in [-0.1, -0.05) is 20.3 Å². The van der Waals surface area contributed by atoms with Crippen LogP contribution in [0, 0.1) is 5.92 Å². The van der Waals surface area contributed by atoms with Crippen molar-refractivity contribution in [1.29, 1.82) is 0 Å². The van der Waals surface area contributed by atoms with Crippen LogP contribution in [0.1, 0.15) is 33.1 Å². The third kappa shape index (κ3) is 7.58. The molecule has 1 amide bonds. The van der Waals surface area contributed by atoms with Gasteiger partial charge in [-0.3, -0.25) is 9.69 Å². The molecule has 1 aromatic heterocycles. The van der Waals surface area contributed by atoms with Crippen LogP contribution >= 0.6 is 23.5 Å². The molecule has 3 heterocycles. The van der Waals surface area contributed by atoms with E-state index in [2.05, 4.69) is 27.1 Å². The molecule has 2 saturated heterocycles. The zero-order valence-corrected chi connectivity index (χ0v) is 27.2. The lowest BCUT2D eigenvalue weighted by atomic mass is 9.92. The zero-order chi connectivity index (χ0) is 31.3. The van der Waals surface area contributed by atoms with Crippen LogP contribution in [0.3, 0.4) is 0 Å². The lowest BCUT2D eigenvalue weighted by Gasteiger charge is -2.44. The van der Waals surface area contributed by atoms with Crippen molar-refractivity contribution in [2.45, 2.75) is 85.2 Å². The Hall–Kier alpha value is -2.13. The molecule has 13 heteroatoms. The molecular weight excluding hydrogens is 592 g/mol. The maximum absolute atomic E-state index is 13.8. The van der Waals surface area contributed by atoms with E-state index >= 15 is 0 Å². The number of aromatic nitrogens is 2. The van der Waals surface area contributed by atoms with Crippen LogP contribution in [0.4, 0.5) is 0 Å². The highest BCUT2D eigenvalue weighted by Crippen LogP contribution is 2.43. The second-order valence-electron chi connectivity index (χ2n) is 11.2. The first-order chi connectivity index (χ1) is 20.6. The van der Waals surface area contributed by atoms with Gasteiger partial charge in [0.2, 0.25) is 5.91 Å². The molecule has 0 saturated carbocycles. The van der Waals surface area contributed by atoms with Gasteiger partial charge in [0.15, 0.2) is 0 Å². The fraction of sp³-hybridized carbons (Fsp3) is 0.633. The molecule has 2 aliphatic heterocycles. The van der Waals surface area contributed by atoms with E-state index in [0.717, 1.165) is 41.8 Å². The third-order valence-corrected chi connectivity index (χ3v) is 10.4. The van der Waals surface area contributed by atoms with Crippen LogP contribution in [0.15, 0.2) is 35.7 Å². The second kappa shape index (κ2) is 15.2. The molecule has 0 aliphatic carbocycles. The number of amides is 1. The number of likely N-dealkylation sites (tertiary alicyclic amines) is 1. The van der Waals surface area contributed by atoms with E-state index in [0.29, 0.717) is 17.4 Å². The fourth-order valence-electron chi connectivity index (χ4n) is 6.02. The number of likely N-dealkylation sites (N-methyl/N-ethyl adjacent to an activating group) is 1. The molecule has 4 N–H and O–H groups in total. The Morgan fingerprint density at radius 2 is 1.84 bits per heavy atom. The van der Waals surface area contributed by atoms with Crippen LogP contribution < -0.4 is 14.8 Å². The van der Waals surface area contributed by atoms with Crippen molar-refractivity contribution in [2.75, 3.05) is 34.1 Å². The fourth-order valence-corrected chi connectivity index (χ4v) is 7.90. The average molecular weight is 637 g/mol. The van der Waals surface area contributed by atoms with E-state index < -0.39 is 35.9 Å². The molecule has 2 fully saturated rings. The van der Waals surface area contributed by atoms with Gasteiger partial charge >= 0.3 is 0 Å². The number of hydrogen-bond acceptors (Lipinski definition) is 12. The number of nitrogens with one attached hydrogen (secondary N) is 1. The number of nitrogens with zero attached hydrogens (tertiary/aromatic N) is 3. The molecule has 0 radical (unpaired) electrons. The van der Waals surface area contributed by atoms with Gasteiger partial charge in [-0.05, 0) is 44.2 Å². The molecule has 43 heavy (non-hydrogen) atoms. The summed E-state index contributed by atoms with van der Waals surface area (Å²) in [6.07, 6.45) is 4.38. The summed E-state index contributed by atoms with van der Waals surface area (Å²) in [5.41, 5.74) is 0.757. The SMILES string of the molecule is CCC[C@@H]1C[C@@H](C(=O)NC([C@H]2O[C@H](SC)[C@H](O)[C@@H](O)[C@H]2O)[C@@H](C)Sc2cc(OC)c(-c3cncnc3)cc2OC)N(C)C1. The average Bonchev–Trinajstić information content (AvgIpc) is 3.39. The predicted molar refractivity (Wildman–Crippen MR) is 167 cm³/mol. The van der Waals surface area contributed by atoms with E-state index in [-0.39, 0.29) is 17.2 Å². The number of aliphatic hydroxyl groups is 3. The van der Waals surface area contributed by atoms with Gasteiger partial charge in [0.1, 0.15) is 47.7 Å². The van der Waals surface area contributed by atoms with Gasteiger partial charge in [-0.25, -0.2) is 9.97 Å². The minimum Gasteiger partial charge on any atom is -0.496 e. The van der Waals surface area contributed by atoms with Crippen LogP contribution in [0.2, 0.25) is 0 Å². The monoisotopic (exact) mass is 636 g/mol. The lowest BCUT2D eigenvalue weighted by Crippen LogP contribution is -2.65. The summed E-state index contributed by atoms with van der Waals surface area (Å²) < 4.78 is 17.6. The first-order valence-electron chi connectivity index (χ1n) is 14.5. The number of thioether (sulfide) groups is 2. The number of methoxy groups -OCH3 is 2. The summed E-state index contributed by atoms with van der Waals surface area (Å²) in [7, 11) is 5.12. The Kier molecular flexibility index (Phi) is 12.0. The van der Waals surface area contributed by atoms with Crippen molar-refractivity contribution >= 4 is 29.4 Å². The Labute approximate surface area is 262 Å². The number of hydrogen-bond donors (Lipinski definition) is 4. The van der Waals surface area contributed by atoms with Gasteiger partial charge in [0.05, 0.1) is 31.2 Å². The van der Waals surface area contributed by atoms with E-state index in [1.807, 2.05) is 26.1 Å². The molecule has 2 aromatic rings. The Bertz CT molecular complexity index is 1210. The van der Waals surface area contributed by atoms with Crippen LogP contribution in [0.5, 0.6) is 11.5 Å². The highest BCUT2D eigenvalue weighted by Gasteiger charge is 2.49. The summed E-state index contributed by atoms with van der Waals surface area (Å²) in [5, 5.41) is 35.2. The second-order valence-corrected chi connectivity index (χ2v) is 13.6. The summed E-state index contributed by atoms with van der Waals surface area (Å²) in [6.45, 7) is 4.93. The van der Waals surface area contributed by atoms with Crippen LogP contribution in [-0.4, -0.2) is 117 Å². The topological polar surface area (TPSA) is 147 Å². The van der Waals surface area contributed by atoms with Crippen LogP contribution in [0.25, 0.3) is 11.1 Å². The maximum atomic E-state index is 13.8. The summed E-state index contributed by atoms with van der Waals surface area (Å²) >= 11 is 2.67. The highest BCUT2D eigenvalue weighted by atomic mass is 32.2. The molecule has 1 unspecified atom stereocenters. The molecule has 2 aliphatic rings. The van der Waals surface area contributed by atoms with Crippen molar-refractivity contribution in [2.24, 2.45) is 5.92 Å². The van der Waals surface area contributed by atoms with Crippen molar-refractivity contribution < 1.29 is 34.3 Å². The van der Waals surface area contributed by atoms with Gasteiger partial charge < -0.3 is 34.8 Å². The first-order valence-corrected chi connectivity index (χ1v) is 16.7. The molecule has 1 aromatic carbocycles. The molecule has 238 valence electrons. The number of benzene rings is 1. The molecule has 0 spiro atoms. The van der Waals surface area contributed by atoms with E-state index in [1.54, 1.807) is 32.9 Å². The van der Waals surface area contributed by atoms with Gasteiger partial charge in [-0.2, -0.15) is 0 Å². The lowest BCUT2D eigenvalue weighted by molar-refractivity contribution is -0.205. The largest absolute Gasteiger partial charge is 0.496 e. The maximum Gasteiger partial charge on any atom is 0.237 e. The van der Waals surface area contributed by atoms with E-state index in [1.165, 1.54) is 29.9 Å². The minimum absolute atomic E-state index is 0.153. The number of carbonyl (C=O) groups excluding carboxylic acids is 1. The molecule has 11 nitrogen and oxygen atoms in total. The molecule has 4 rings (SSSR count). The Morgan fingerprint density at radius 3 is 2.47 bits per heavy atom. The Morgan fingerprint density at radius 1 is 1.14 bits per heavy atom. The number of aliphatic hydroxyl groups excluding tert-OH is 3. The minimum atomic E-state index is -1.43. The smallest absolute Gasteiger partial charge is 0.237 e. The van der Waals surface area contributed by atoms with Gasteiger partial charge in [-0.15, -0.1) is 23.5 Å². The van der Waals surface area contributed by atoms with Crippen LogP contribution in [-0.2, 0) is 9.53 Å². The predicted octanol–water partition coefficient (Wildman–Crippen LogP) is 2.42. The van der Waals surface area contributed by atoms with Crippen molar-refractivity contribution in [3.05, 3.63) is 30.9 Å². The number of carbonyl (C=O) groups is 1. The summed E-state index contributed by atoms with van der Waals surface area (Å²) in [5.74, 6) is 1.47. The van der Waals surface area contributed by atoms with E-state index in [4.69, 9.17) is 14.2 Å². The van der Waals surface area contributed by atoms with Crippen molar-refractivity contribution in [3.8, 4) is 22.6 Å². The summed E-state index contributed by atoms with van der Waals surface area (Å²) in [6, 6.07) is 2.69. The molecule has 0 bridgehead atoms. The van der Waals surface area contributed by atoms with E-state index in [9.17, 15) is 20.1 Å². The van der Waals surface area contributed by atoms with Crippen molar-refractivity contribution in [1.82, 2.24) is 20.2 Å². The molecule has 9 atom stereocenters. The highest BCUT2D eigenvalue weighted by molar-refractivity contribution is 8.00. The van der Waals surface area contributed by atoms with Crippen molar-refractivity contribution in [3.63, 3.8) is 0 Å². The quantitative estimate of drug-likeness (QED) is 0.254. The standard InChI is InChI=1S/C30H44N4O7S2/c1-7-8-17-9-20(34(3)14-17)29(38)33-24(28-26(36)25(35)27(37)30(41-28)42-6)16(2)43-23-11-21(39-4)19(10-22(23)40-5)18-12-31-15-32-13-18/h10-13,15-17,20,24-28,30,35-37H,7-9,14H2,1-6H3,(H,33,38)/t16-,17-,20+,24?,25+,26-,27-,28-,30-/m1/s1. The number of rotatable bonds is 12. The first kappa shape index (κ1) is 33.8. The zero-order valence-electron chi connectivity index (χ0n) is 25.5. The van der Waals surface area contributed by atoms with Gasteiger partial charge in [0, 0.05) is 35.3 Å². The number of ether oxygens (including phenoxy) is 3. The Balaban J connectivity index is 1.65. The third-order valence-electron chi connectivity index (χ3n) is 8.31. The summed E-state index contributed by atoms with van der Waals surface area (Å²) in [4.78, 5) is 24.8. The normalized spacial score (nSPS) is 29.2. The molecular formula is C30H44N4O7S2.